The minimum absolute atomic E-state index is 0.0269. The van der Waals surface area contributed by atoms with Crippen molar-refractivity contribution in [3.8, 4) is 0 Å². The van der Waals surface area contributed by atoms with Crippen LogP contribution in [0.3, 0.4) is 0 Å². The summed E-state index contributed by atoms with van der Waals surface area (Å²) in [6.45, 7) is 5.72. The molecule has 0 spiro atoms. The number of carbonyl (C=O) groups is 1. The van der Waals surface area contributed by atoms with Gasteiger partial charge in [-0.05, 0) is 44.9 Å². The van der Waals surface area contributed by atoms with E-state index in [1.807, 2.05) is 18.5 Å². The molecule has 1 fully saturated rings. The SMILES string of the molecule is Cc1ccc2nccc(N3CCCC(C(=O)Nc4nc(C)cs4)C3)c2c1. The number of thiazole rings is 1. The van der Waals surface area contributed by atoms with Crippen LogP contribution in [-0.2, 0) is 4.79 Å². The van der Waals surface area contributed by atoms with Gasteiger partial charge in [-0.15, -0.1) is 11.3 Å². The third-order valence-corrected chi connectivity index (χ3v) is 5.73. The summed E-state index contributed by atoms with van der Waals surface area (Å²) in [5, 5.41) is 6.78. The fourth-order valence-corrected chi connectivity index (χ4v) is 4.24. The molecule has 5 nitrogen and oxygen atoms in total. The Morgan fingerprint density at radius 2 is 2.19 bits per heavy atom. The molecule has 0 saturated carbocycles. The molecule has 3 heterocycles. The standard InChI is InChI=1S/C20H22N4OS/c1-13-5-6-17-16(10-13)18(7-8-21-17)24-9-3-4-15(11-24)19(25)23-20-22-14(2)12-26-20/h5-8,10,12,15H,3-4,9,11H2,1-2H3,(H,22,23,25). The van der Waals surface area contributed by atoms with Gasteiger partial charge in [0.15, 0.2) is 5.13 Å². The van der Waals surface area contributed by atoms with Crippen molar-refractivity contribution < 1.29 is 4.79 Å². The number of pyridine rings is 1. The summed E-state index contributed by atoms with van der Waals surface area (Å²) in [4.78, 5) is 23.8. The number of nitrogens with zero attached hydrogens (tertiary/aromatic N) is 3. The van der Waals surface area contributed by atoms with Crippen molar-refractivity contribution in [2.24, 2.45) is 5.92 Å². The molecule has 0 aliphatic carbocycles. The van der Waals surface area contributed by atoms with Crippen LogP contribution in [0.5, 0.6) is 0 Å². The van der Waals surface area contributed by atoms with Crippen LogP contribution in [0.4, 0.5) is 10.8 Å². The number of aromatic nitrogens is 2. The Labute approximate surface area is 157 Å². The van der Waals surface area contributed by atoms with Gasteiger partial charge in [-0.25, -0.2) is 4.98 Å². The van der Waals surface area contributed by atoms with Gasteiger partial charge < -0.3 is 10.2 Å². The van der Waals surface area contributed by atoms with Gasteiger partial charge in [0, 0.05) is 35.7 Å². The first-order valence-electron chi connectivity index (χ1n) is 8.93. The molecule has 0 bridgehead atoms. The number of nitrogens with one attached hydrogen (secondary N) is 1. The number of fused-ring (bicyclic) bond motifs is 1. The van der Waals surface area contributed by atoms with Crippen LogP contribution < -0.4 is 10.2 Å². The Bertz CT molecular complexity index is 952. The summed E-state index contributed by atoms with van der Waals surface area (Å²) >= 11 is 1.48. The van der Waals surface area contributed by atoms with Crippen molar-refractivity contribution in [3.63, 3.8) is 0 Å². The van der Waals surface area contributed by atoms with E-state index >= 15 is 0 Å². The zero-order valence-electron chi connectivity index (χ0n) is 15.0. The first-order chi connectivity index (χ1) is 12.6. The number of hydrogen-bond donors (Lipinski definition) is 1. The molecule has 1 aliphatic heterocycles. The molecule has 1 unspecified atom stereocenters. The number of benzene rings is 1. The molecule has 3 aromatic rings. The lowest BCUT2D eigenvalue weighted by Crippen LogP contribution is -2.40. The second-order valence-corrected chi connectivity index (χ2v) is 7.78. The fourth-order valence-electron chi connectivity index (χ4n) is 3.55. The number of rotatable bonds is 3. The molecule has 1 amide bonds. The Morgan fingerprint density at radius 3 is 3.00 bits per heavy atom. The maximum absolute atomic E-state index is 12.7. The second kappa shape index (κ2) is 7.03. The van der Waals surface area contributed by atoms with Gasteiger partial charge in [0.2, 0.25) is 5.91 Å². The number of carbonyl (C=O) groups excluding carboxylic acids is 1. The predicted molar refractivity (Wildman–Crippen MR) is 107 cm³/mol. The third kappa shape index (κ3) is 3.42. The minimum atomic E-state index is -0.0269. The lowest BCUT2D eigenvalue weighted by molar-refractivity contribution is -0.120. The zero-order valence-corrected chi connectivity index (χ0v) is 15.8. The first kappa shape index (κ1) is 17.0. The molecule has 0 radical (unpaired) electrons. The van der Waals surface area contributed by atoms with E-state index in [1.54, 1.807) is 0 Å². The summed E-state index contributed by atoms with van der Waals surface area (Å²) in [6, 6.07) is 8.39. The van der Waals surface area contributed by atoms with Crippen LogP contribution >= 0.6 is 11.3 Å². The summed E-state index contributed by atoms with van der Waals surface area (Å²) in [7, 11) is 0. The lowest BCUT2D eigenvalue weighted by Gasteiger charge is -2.34. The van der Waals surface area contributed by atoms with E-state index in [1.165, 1.54) is 22.6 Å². The maximum atomic E-state index is 12.7. The van der Waals surface area contributed by atoms with Gasteiger partial charge in [0.05, 0.1) is 17.1 Å². The number of piperidine rings is 1. The van der Waals surface area contributed by atoms with Crippen LogP contribution in [0, 0.1) is 19.8 Å². The van der Waals surface area contributed by atoms with E-state index in [4.69, 9.17) is 0 Å². The third-order valence-electron chi connectivity index (χ3n) is 4.86. The van der Waals surface area contributed by atoms with Crippen molar-refractivity contribution in [3.05, 3.63) is 47.1 Å². The summed E-state index contributed by atoms with van der Waals surface area (Å²) in [5.74, 6) is 0.0413. The van der Waals surface area contributed by atoms with Crippen LogP contribution in [0.2, 0.25) is 0 Å². The molecule has 6 heteroatoms. The quantitative estimate of drug-likeness (QED) is 0.756. The van der Waals surface area contributed by atoms with Crippen LogP contribution in [0.25, 0.3) is 10.9 Å². The molecule has 1 saturated heterocycles. The van der Waals surface area contributed by atoms with E-state index in [2.05, 4.69) is 51.4 Å². The van der Waals surface area contributed by atoms with Crippen LogP contribution in [0.15, 0.2) is 35.8 Å². The van der Waals surface area contributed by atoms with Gasteiger partial charge in [0.25, 0.3) is 0 Å². The highest BCUT2D eigenvalue weighted by molar-refractivity contribution is 7.13. The smallest absolute Gasteiger partial charge is 0.231 e. The maximum Gasteiger partial charge on any atom is 0.231 e. The van der Waals surface area contributed by atoms with E-state index in [0.29, 0.717) is 5.13 Å². The van der Waals surface area contributed by atoms with Crippen LogP contribution in [0.1, 0.15) is 24.1 Å². The highest BCUT2D eigenvalue weighted by Crippen LogP contribution is 2.30. The van der Waals surface area contributed by atoms with E-state index in [0.717, 1.165) is 42.5 Å². The highest BCUT2D eigenvalue weighted by atomic mass is 32.1. The number of amides is 1. The average molecular weight is 366 g/mol. The van der Waals surface area contributed by atoms with E-state index in [-0.39, 0.29) is 11.8 Å². The Hall–Kier alpha value is -2.47. The van der Waals surface area contributed by atoms with Gasteiger partial charge in [-0.2, -0.15) is 0 Å². The van der Waals surface area contributed by atoms with Crippen molar-refractivity contribution in [2.45, 2.75) is 26.7 Å². The van der Waals surface area contributed by atoms with Gasteiger partial charge >= 0.3 is 0 Å². The molecule has 26 heavy (non-hydrogen) atoms. The molecular formula is C20H22N4OS. The summed E-state index contributed by atoms with van der Waals surface area (Å²) in [5.41, 5.74) is 4.32. The van der Waals surface area contributed by atoms with Crippen molar-refractivity contribution in [1.29, 1.82) is 0 Å². The number of hydrogen-bond acceptors (Lipinski definition) is 5. The van der Waals surface area contributed by atoms with E-state index < -0.39 is 0 Å². The van der Waals surface area contributed by atoms with Crippen LogP contribution in [-0.4, -0.2) is 29.0 Å². The van der Waals surface area contributed by atoms with E-state index in [9.17, 15) is 4.79 Å². The summed E-state index contributed by atoms with van der Waals surface area (Å²) in [6.07, 6.45) is 3.77. The van der Waals surface area contributed by atoms with Crippen molar-refractivity contribution in [2.75, 3.05) is 23.3 Å². The fraction of sp³-hybridized carbons (Fsp3) is 0.350. The van der Waals surface area contributed by atoms with Gasteiger partial charge in [-0.1, -0.05) is 11.6 Å². The topological polar surface area (TPSA) is 58.1 Å². The lowest BCUT2D eigenvalue weighted by atomic mass is 9.96. The zero-order chi connectivity index (χ0) is 18.1. The molecule has 2 aromatic heterocycles. The van der Waals surface area contributed by atoms with Gasteiger partial charge in [-0.3, -0.25) is 9.78 Å². The van der Waals surface area contributed by atoms with Crippen molar-refractivity contribution >= 4 is 39.0 Å². The normalized spacial score (nSPS) is 17.5. The molecule has 1 atom stereocenters. The summed E-state index contributed by atoms with van der Waals surface area (Å²) < 4.78 is 0. The molecule has 1 aliphatic rings. The second-order valence-electron chi connectivity index (χ2n) is 6.92. The Kier molecular flexibility index (Phi) is 4.59. The minimum Gasteiger partial charge on any atom is -0.370 e. The highest BCUT2D eigenvalue weighted by Gasteiger charge is 2.27. The van der Waals surface area contributed by atoms with Gasteiger partial charge in [0.1, 0.15) is 0 Å². The largest absolute Gasteiger partial charge is 0.370 e. The monoisotopic (exact) mass is 366 g/mol. The average Bonchev–Trinajstić information content (AvgIpc) is 3.06. The molecule has 4 rings (SSSR count). The first-order valence-corrected chi connectivity index (χ1v) is 9.81. The molecule has 134 valence electrons. The van der Waals surface area contributed by atoms with Crippen molar-refractivity contribution in [1.82, 2.24) is 9.97 Å². The number of aryl methyl sites for hydroxylation is 2. The molecule has 1 aromatic carbocycles. The Morgan fingerprint density at radius 1 is 1.31 bits per heavy atom. The molecule has 1 N–H and O–H groups in total. The Balaban J connectivity index is 1.55. The number of anilines is 2. The molecular weight excluding hydrogens is 344 g/mol. The predicted octanol–water partition coefficient (Wildman–Crippen LogP) is 4.16.